The van der Waals surface area contributed by atoms with Crippen molar-refractivity contribution in [2.45, 2.75) is 45.8 Å². The first-order valence-electron chi connectivity index (χ1n) is 7.03. The molecule has 0 aliphatic carbocycles. The summed E-state index contributed by atoms with van der Waals surface area (Å²) >= 11 is 0. The number of hydrogen-bond acceptors (Lipinski definition) is 2. The van der Waals surface area contributed by atoms with Crippen LogP contribution in [0.1, 0.15) is 45.3 Å². The fraction of sp³-hybridized carbons (Fsp3) is 0.625. The lowest BCUT2D eigenvalue weighted by Gasteiger charge is -2.33. The second kappa shape index (κ2) is 7.55. The summed E-state index contributed by atoms with van der Waals surface area (Å²) < 4.78 is 0. The number of rotatable bonds is 7. The normalized spacial score (nSPS) is 16.6. The van der Waals surface area contributed by atoms with Crippen LogP contribution in [0, 0.1) is 5.92 Å². The molecule has 0 bridgehead atoms. The van der Waals surface area contributed by atoms with Crippen molar-refractivity contribution in [1.29, 1.82) is 0 Å². The predicted molar refractivity (Wildman–Crippen MR) is 77.6 cm³/mol. The van der Waals surface area contributed by atoms with E-state index in [9.17, 15) is 5.11 Å². The standard InChI is InChI=1S/C16H27NO/c1-5-13(3)12-17(4)15(6-2)16(18)14-10-8-7-9-11-14/h7-11,13,15-16,18H,5-6,12H2,1-4H3. The number of likely N-dealkylation sites (N-methyl/N-ethyl adjacent to an activating group) is 1. The summed E-state index contributed by atoms with van der Waals surface area (Å²) in [7, 11) is 2.12. The number of nitrogens with zero attached hydrogens (tertiary/aromatic N) is 1. The minimum Gasteiger partial charge on any atom is -0.387 e. The Kier molecular flexibility index (Phi) is 6.37. The summed E-state index contributed by atoms with van der Waals surface area (Å²) in [5, 5.41) is 10.5. The van der Waals surface area contributed by atoms with E-state index in [-0.39, 0.29) is 6.04 Å². The lowest BCUT2D eigenvalue weighted by molar-refractivity contribution is 0.0530. The van der Waals surface area contributed by atoms with Crippen molar-refractivity contribution in [3.05, 3.63) is 35.9 Å². The van der Waals surface area contributed by atoms with Crippen molar-refractivity contribution < 1.29 is 5.11 Å². The minimum absolute atomic E-state index is 0.196. The highest BCUT2D eigenvalue weighted by molar-refractivity contribution is 5.18. The van der Waals surface area contributed by atoms with E-state index in [0.717, 1.165) is 18.5 Å². The van der Waals surface area contributed by atoms with E-state index in [2.05, 4.69) is 32.7 Å². The van der Waals surface area contributed by atoms with E-state index in [0.29, 0.717) is 5.92 Å². The molecule has 3 unspecified atom stereocenters. The summed E-state index contributed by atoms with van der Waals surface area (Å²) in [6, 6.07) is 10.2. The second-order valence-corrected chi connectivity index (χ2v) is 5.28. The zero-order chi connectivity index (χ0) is 13.5. The van der Waals surface area contributed by atoms with Crippen LogP contribution in [0.3, 0.4) is 0 Å². The first kappa shape index (κ1) is 15.2. The average molecular weight is 249 g/mol. The highest BCUT2D eigenvalue weighted by atomic mass is 16.3. The number of hydrogen-bond donors (Lipinski definition) is 1. The van der Waals surface area contributed by atoms with Crippen LogP contribution in [0.2, 0.25) is 0 Å². The van der Waals surface area contributed by atoms with Crippen LogP contribution < -0.4 is 0 Å². The molecular formula is C16H27NO. The van der Waals surface area contributed by atoms with Crippen LogP contribution >= 0.6 is 0 Å². The van der Waals surface area contributed by atoms with Crippen LogP contribution in [0.15, 0.2) is 30.3 Å². The maximum absolute atomic E-state index is 10.5. The molecule has 2 nitrogen and oxygen atoms in total. The van der Waals surface area contributed by atoms with Crippen molar-refractivity contribution in [3.8, 4) is 0 Å². The molecule has 102 valence electrons. The zero-order valence-electron chi connectivity index (χ0n) is 12.1. The molecule has 0 spiro atoms. The van der Waals surface area contributed by atoms with Gasteiger partial charge in [-0.25, -0.2) is 0 Å². The van der Waals surface area contributed by atoms with E-state index >= 15 is 0 Å². The van der Waals surface area contributed by atoms with Gasteiger partial charge in [0.25, 0.3) is 0 Å². The van der Waals surface area contributed by atoms with Crippen molar-refractivity contribution in [2.24, 2.45) is 5.92 Å². The van der Waals surface area contributed by atoms with Gasteiger partial charge in [0.15, 0.2) is 0 Å². The largest absolute Gasteiger partial charge is 0.387 e. The molecule has 1 aromatic rings. The van der Waals surface area contributed by atoms with E-state index in [1.165, 1.54) is 6.42 Å². The fourth-order valence-corrected chi connectivity index (χ4v) is 2.40. The minimum atomic E-state index is -0.398. The molecule has 0 amide bonds. The van der Waals surface area contributed by atoms with E-state index in [1.54, 1.807) is 0 Å². The van der Waals surface area contributed by atoms with Gasteiger partial charge < -0.3 is 10.0 Å². The first-order valence-corrected chi connectivity index (χ1v) is 7.03. The van der Waals surface area contributed by atoms with Crippen LogP contribution in [0.25, 0.3) is 0 Å². The van der Waals surface area contributed by atoms with Crippen LogP contribution in [-0.4, -0.2) is 29.6 Å². The molecule has 1 aromatic carbocycles. The third-order valence-electron chi connectivity index (χ3n) is 3.79. The van der Waals surface area contributed by atoms with Crippen LogP contribution in [0.5, 0.6) is 0 Å². The molecule has 1 rings (SSSR count). The topological polar surface area (TPSA) is 23.5 Å². The van der Waals surface area contributed by atoms with Gasteiger partial charge in [0.05, 0.1) is 6.10 Å². The number of aliphatic hydroxyl groups is 1. The summed E-state index contributed by atoms with van der Waals surface area (Å²) in [5.41, 5.74) is 1.01. The molecular weight excluding hydrogens is 222 g/mol. The number of benzene rings is 1. The lowest BCUT2D eigenvalue weighted by Crippen LogP contribution is -2.38. The van der Waals surface area contributed by atoms with Gasteiger partial charge in [-0.2, -0.15) is 0 Å². The first-order chi connectivity index (χ1) is 8.60. The van der Waals surface area contributed by atoms with E-state index in [4.69, 9.17) is 0 Å². The van der Waals surface area contributed by atoms with Crippen LogP contribution in [0.4, 0.5) is 0 Å². The Balaban J connectivity index is 2.70. The maximum Gasteiger partial charge on any atom is 0.0944 e. The summed E-state index contributed by atoms with van der Waals surface area (Å²) in [5.74, 6) is 0.673. The molecule has 0 saturated heterocycles. The van der Waals surface area contributed by atoms with E-state index < -0.39 is 6.10 Å². The van der Waals surface area contributed by atoms with Gasteiger partial charge in [0.1, 0.15) is 0 Å². The summed E-state index contributed by atoms with van der Waals surface area (Å²) in [4.78, 5) is 2.30. The monoisotopic (exact) mass is 249 g/mol. The predicted octanol–water partition coefficient (Wildman–Crippen LogP) is 3.48. The van der Waals surface area contributed by atoms with Gasteiger partial charge in [-0.05, 0) is 24.9 Å². The van der Waals surface area contributed by atoms with Gasteiger partial charge in [-0.3, -0.25) is 0 Å². The average Bonchev–Trinajstić information content (AvgIpc) is 2.40. The molecule has 0 aliphatic rings. The van der Waals surface area contributed by atoms with Crippen LogP contribution in [-0.2, 0) is 0 Å². The molecule has 0 fully saturated rings. The van der Waals surface area contributed by atoms with Gasteiger partial charge in [-0.1, -0.05) is 57.5 Å². The highest BCUT2D eigenvalue weighted by Gasteiger charge is 2.23. The Bertz CT molecular complexity index is 325. The van der Waals surface area contributed by atoms with Crippen molar-refractivity contribution in [3.63, 3.8) is 0 Å². The fourth-order valence-electron chi connectivity index (χ4n) is 2.40. The van der Waals surface area contributed by atoms with Gasteiger partial charge >= 0.3 is 0 Å². The number of aliphatic hydroxyl groups excluding tert-OH is 1. The van der Waals surface area contributed by atoms with Gasteiger partial charge in [0, 0.05) is 12.6 Å². The molecule has 0 saturated carbocycles. The molecule has 0 aliphatic heterocycles. The highest BCUT2D eigenvalue weighted by Crippen LogP contribution is 2.23. The Labute approximate surface area is 112 Å². The SMILES string of the molecule is CCC(C)CN(C)C(CC)C(O)c1ccccc1. The smallest absolute Gasteiger partial charge is 0.0944 e. The van der Waals surface area contributed by atoms with Crippen molar-refractivity contribution in [1.82, 2.24) is 4.90 Å². The van der Waals surface area contributed by atoms with E-state index in [1.807, 2.05) is 30.3 Å². The Morgan fingerprint density at radius 2 is 1.72 bits per heavy atom. The summed E-state index contributed by atoms with van der Waals surface area (Å²) in [6.07, 6.45) is 1.75. The third-order valence-corrected chi connectivity index (χ3v) is 3.79. The van der Waals surface area contributed by atoms with Gasteiger partial charge in [0.2, 0.25) is 0 Å². The molecule has 0 heterocycles. The molecule has 0 aromatic heterocycles. The third kappa shape index (κ3) is 4.11. The molecule has 2 heteroatoms. The lowest BCUT2D eigenvalue weighted by atomic mass is 9.98. The Morgan fingerprint density at radius 3 is 2.22 bits per heavy atom. The quantitative estimate of drug-likeness (QED) is 0.799. The molecule has 3 atom stereocenters. The maximum atomic E-state index is 10.5. The Morgan fingerprint density at radius 1 is 1.11 bits per heavy atom. The zero-order valence-corrected chi connectivity index (χ0v) is 12.1. The van der Waals surface area contributed by atoms with Crippen molar-refractivity contribution in [2.75, 3.05) is 13.6 Å². The van der Waals surface area contributed by atoms with Gasteiger partial charge in [-0.15, -0.1) is 0 Å². The Hall–Kier alpha value is -0.860. The molecule has 18 heavy (non-hydrogen) atoms. The molecule has 1 N–H and O–H groups in total. The summed E-state index contributed by atoms with van der Waals surface area (Å²) in [6.45, 7) is 7.66. The van der Waals surface area contributed by atoms with Crippen molar-refractivity contribution >= 4 is 0 Å². The second-order valence-electron chi connectivity index (χ2n) is 5.28. The molecule has 0 radical (unpaired) electrons.